The molecule has 2 nitrogen and oxygen atoms in total. The highest BCUT2D eigenvalue weighted by atomic mass is 16.5. The molecule has 0 aromatic heterocycles. The molecular weight excluding hydrogens is 200 g/mol. The van der Waals surface area contributed by atoms with Crippen LogP contribution in [0.2, 0.25) is 0 Å². The second-order valence-electron chi connectivity index (χ2n) is 2.98. The van der Waals surface area contributed by atoms with Crippen LogP contribution in [0.1, 0.15) is 27.2 Å². The molecule has 0 aliphatic rings. The van der Waals surface area contributed by atoms with Crippen molar-refractivity contribution in [1.29, 1.82) is 0 Å². The van der Waals surface area contributed by atoms with Gasteiger partial charge in [0.1, 0.15) is 12.4 Å². The van der Waals surface area contributed by atoms with Gasteiger partial charge in [0.2, 0.25) is 0 Å². The van der Waals surface area contributed by atoms with E-state index in [1.807, 2.05) is 51.1 Å². The van der Waals surface area contributed by atoms with Crippen molar-refractivity contribution < 1.29 is 9.53 Å². The molecule has 1 aromatic carbocycles. The topological polar surface area (TPSA) is 26.3 Å². The van der Waals surface area contributed by atoms with Gasteiger partial charge in [0.25, 0.3) is 0 Å². The summed E-state index contributed by atoms with van der Waals surface area (Å²) in [6, 6.07) is 9.39. The van der Waals surface area contributed by atoms with E-state index in [-0.39, 0.29) is 12.4 Å². The first-order valence-corrected chi connectivity index (χ1v) is 5.63. The number of rotatable bonds is 5. The lowest BCUT2D eigenvalue weighted by Gasteiger charge is -2.06. The molecule has 16 heavy (non-hydrogen) atoms. The molecule has 0 aliphatic heterocycles. The van der Waals surface area contributed by atoms with Gasteiger partial charge in [0.05, 0.1) is 0 Å². The van der Waals surface area contributed by atoms with Gasteiger partial charge in [-0.2, -0.15) is 0 Å². The van der Waals surface area contributed by atoms with E-state index in [0.717, 1.165) is 5.75 Å². The van der Waals surface area contributed by atoms with Gasteiger partial charge in [-0.05, 0) is 12.1 Å². The van der Waals surface area contributed by atoms with E-state index in [9.17, 15) is 4.79 Å². The molecule has 0 heterocycles. The standard InChI is InChI=1S/C12H14O2.C2H6/c1-3-12(13)10(2)9-14-11-7-5-4-6-8-11;1-2/h4-8H,2-3,9H2,1H3;1-2H3. The summed E-state index contributed by atoms with van der Waals surface area (Å²) >= 11 is 0. The molecule has 88 valence electrons. The lowest BCUT2D eigenvalue weighted by molar-refractivity contribution is -0.115. The highest BCUT2D eigenvalue weighted by Gasteiger charge is 2.04. The number of ketones is 1. The van der Waals surface area contributed by atoms with Crippen molar-refractivity contribution in [3.8, 4) is 5.75 Å². The van der Waals surface area contributed by atoms with Gasteiger partial charge >= 0.3 is 0 Å². The number of hydrogen-bond donors (Lipinski definition) is 0. The number of carbonyl (C=O) groups excluding carboxylic acids is 1. The molecule has 0 atom stereocenters. The maximum atomic E-state index is 11.2. The van der Waals surface area contributed by atoms with Crippen LogP contribution < -0.4 is 4.74 Å². The molecule has 2 heteroatoms. The van der Waals surface area contributed by atoms with Gasteiger partial charge in [0, 0.05) is 12.0 Å². The summed E-state index contributed by atoms with van der Waals surface area (Å²) in [6.45, 7) is 9.76. The summed E-state index contributed by atoms with van der Waals surface area (Å²) in [5.41, 5.74) is 0.524. The Kier molecular flexibility index (Phi) is 7.86. The molecule has 1 aromatic rings. The Hall–Kier alpha value is -1.57. The summed E-state index contributed by atoms with van der Waals surface area (Å²) in [5.74, 6) is 0.818. The monoisotopic (exact) mass is 220 g/mol. The van der Waals surface area contributed by atoms with Crippen LogP contribution in [0.4, 0.5) is 0 Å². The van der Waals surface area contributed by atoms with E-state index in [4.69, 9.17) is 4.74 Å². The van der Waals surface area contributed by atoms with Crippen LogP contribution in [0.3, 0.4) is 0 Å². The summed E-state index contributed by atoms with van der Waals surface area (Å²) in [6.07, 6.45) is 0.483. The van der Waals surface area contributed by atoms with Crippen LogP contribution in [0.5, 0.6) is 5.75 Å². The quantitative estimate of drug-likeness (QED) is 0.708. The molecule has 0 aliphatic carbocycles. The predicted octanol–water partition coefficient (Wildman–Crippen LogP) is 3.63. The van der Waals surface area contributed by atoms with Crippen LogP contribution in [0.15, 0.2) is 42.5 Å². The SMILES string of the molecule is C=C(COc1ccccc1)C(=O)CC.CC. The Labute approximate surface area is 97.9 Å². The van der Waals surface area contributed by atoms with E-state index in [0.29, 0.717) is 12.0 Å². The first-order chi connectivity index (χ1) is 7.74. The summed E-state index contributed by atoms with van der Waals surface area (Å²) in [7, 11) is 0. The summed E-state index contributed by atoms with van der Waals surface area (Å²) in [5, 5.41) is 0. The van der Waals surface area contributed by atoms with E-state index >= 15 is 0 Å². The molecule has 0 radical (unpaired) electrons. The predicted molar refractivity (Wildman–Crippen MR) is 67.7 cm³/mol. The van der Waals surface area contributed by atoms with Crippen LogP contribution >= 0.6 is 0 Å². The van der Waals surface area contributed by atoms with E-state index < -0.39 is 0 Å². The van der Waals surface area contributed by atoms with Crippen LogP contribution in [-0.2, 0) is 4.79 Å². The van der Waals surface area contributed by atoms with Crippen molar-refractivity contribution in [3.05, 3.63) is 42.5 Å². The lowest BCUT2D eigenvalue weighted by Crippen LogP contribution is -2.08. The highest BCUT2D eigenvalue weighted by Crippen LogP contribution is 2.09. The number of benzene rings is 1. The van der Waals surface area contributed by atoms with Crippen molar-refractivity contribution in [3.63, 3.8) is 0 Å². The van der Waals surface area contributed by atoms with Crippen molar-refractivity contribution in [1.82, 2.24) is 0 Å². The lowest BCUT2D eigenvalue weighted by atomic mass is 10.2. The average Bonchev–Trinajstić information content (AvgIpc) is 2.38. The van der Waals surface area contributed by atoms with E-state index in [1.165, 1.54) is 0 Å². The third-order valence-corrected chi connectivity index (χ3v) is 1.87. The second kappa shape index (κ2) is 8.72. The molecule has 0 fully saturated rings. The molecule has 0 unspecified atom stereocenters. The van der Waals surface area contributed by atoms with Gasteiger partial charge in [0.15, 0.2) is 5.78 Å². The number of para-hydroxylation sites is 1. The van der Waals surface area contributed by atoms with Gasteiger partial charge in [-0.1, -0.05) is 45.5 Å². The number of ether oxygens (including phenoxy) is 1. The number of hydrogen-bond acceptors (Lipinski definition) is 2. The molecule has 0 bridgehead atoms. The van der Waals surface area contributed by atoms with Crippen molar-refractivity contribution in [2.24, 2.45) is 0 Å². The first kappa shape index (κ1) is 14.4. The molecule has 0 saturated heterocycles. The van der Waals surface area contributed by atoms with E-state index in [2.05, 4.69) is 6.58 Å². The maximum Gasteiger partial charge on any atom is 0.161 e. The van der Waals surface area contributed by atoms with Gasteiger partial charge in [-0.3, -0.25) is 4.79 Å². The van der Waals surface area contributed by atoms with E-state index in [1.54, 1.807) is 0 Å². The Bertz CT molecular complexity index is 315. The number of carbonyl (C=O) groups is 1. The Morgan fingerprint density at radius 3 is 2.31 bits per heavy atom. The zero-order chi connectivity index (χ0) is 12.4. The second-order valence-corrected chi connectivity index (χ2v) is 2.98. The van der Waals surface area contributed by atoms with Crippen LogP contribution in [-0.4, -0.2) is 12.4 Å². The van der Waals surface area contributed by atoms with Gasteiger partial charge in [-0.25, -0.2) is 0 Å². The van der Waals surface area contributed by atoms with Gasteiger partial charge in [-0.15, -0.1) is 0 Å². The smallest absolute Gasteiger partial charge is 0.161 e. The highest BCUT2D eigenvalue weighted by molar-refractivity contribution is 5.94. The third kappa shape index (κ3) is 5.35. The number of Topliss-reactive ketones (excluding diaryl/α,β-unsaturated/α-hetero) is 1. The average molecular weight is 220 g/mol. The molecule has 0 saturated carbocycles. The Morgan fingerprint density at radius 2 is 1.81 bits per heavy atom. The fraction of sp³-hybridized carbons (Fsp3) is 0.357. The molecule has 0 N–H and O–H groups in total. The molecule has 0 spiro atoms. The maximum absolute atomic E-state index is 11.2. The fourth-order valence-electron chi connectivity index (χ4n) is 1.02. The minimum Gasteiger partial charge on any atom is -0.489 e. The fourth-order valence-corrected chi connectivity index (χ4v) is 1.02. The zero-order valence-corrected chi connectivity index (χ0v) is 10.3. The van der Waals surface area contributed by atoms with Crippen molar-refractivity contribution in [2.75, 3.05) is 6.61 Å². The van der Waals surface area contributed by atoms with Crippen LogP contribution in [0, 0.1) is 0 Å². The Morgan fingerprint density at radius 1 is 1.25 bits per heavy atom. The largest absolute Gasteiger partial charge is 0.489 e. The zero-order valence-electron chi connectivity index (χ0n) is 10.3. The summed E-state index contributed by atoms with van der Waals surface area (Å²) in [4.78, 5) is 11.2. The summed E-state index contributed by atoms with van der Waals surface area (Å²) < 4.78 is 5.37. The first-order valence-electron chi connectivity index (χ1n) is 5.63. The minimum absolute atomic E-state index is 0.0564. The molecular formula is C14H20O2. The molecule has 1 rings (SSSR count). The minimum atomic E-state index is 0.0564. The van der Waals surface area contributed by atoms with Gasteiger partial charge < -0.3 is 4.74 Å². The van der Waals surface area contributed by atoms with Crippen LogP contribution in [0.25, 0.3) is 0 Å². The normalized spacial score (nSPS) is 8.69. The van der Waals surface area contributed by atoms with Crippen molar-refractivity contribution >= 4 is 5.78 Å². The third-order valence-electron chi connectivity index (χ3n) is 1.87. The Balaban J connectivity index is 0.00000106. The molecule has 0 amide bonds. The van der Waals surface area contributed by atoms with Crippen molar-refractivity contribution in [2.45, 2.75) is 27.2 Å².